The van der Waals surface area contributed by atoms with Crippen LogP contribution in [0.1, 0.15) is 0 Å². The molecule has 0 saturated heterocycles. The quantitative estimate of drug-likeness (QED) is 0.515. The van der Waals surface area contributed by atoms with Gasteiger partial charge in [0, 0.05) is 0 Å². The Morgan fingerprint density at radius 3 is 2.00 bits per heavy atom. The standard InChI is InChI=1S/C6H5O3S.Hg/c7-10(8,9)6-4-2-1-3-5-6;/h2-5H,(H,7,8,9);/p-1. The molecule has 0 atom stereocenters. The molecule has 0 heterocycles. The van der Waals surface area contributed by atoms with Crippen LogP contribution in [0.5, 0.6) is 0 Å². The predicted octanol–water partition coefficient (Wildman–Crippen LogP) is -0.237. The van der Waals surface area contributed by atoms with Gasteiger partial charge in [-0.15, -0.1) is 0 Å². The normalized spacial score (nSPS) is 11.5. The Labute approximate surface area is 81.2 Å². The Morgan fingerprint density at radius 2 is 1.64 bits per heavy atom. The van der Waals surface area contributed by atoms with Crippen molar-refractivity contribution in [2.75, 3.05) is 0 Å². The average Bonchev–Trinajstić information content (AvgIpc) is 1.86. The van der Waals surface area contributed by atoms with E-state index >= 15 is 0 Å². The van der Waals surface area contributed by atoms with Gasteiger partial charge in [0.15, 0.2) is 0 Å². The van der Waals surface area contributed by atoms with Gasteiger partial charge >= 0.3 is 81.4 Å². The van der Waals surface area contributed by atoms with E-state index in [-0.39, 0.29) is 4.90 Å². The van der Waals surface area contributed by atoms with Crippen LogP contribution in [0.15, 0.2) is 29.2 Å². The van der Waals surface area contributed by atoms with Crippen LogP contribution in [-0.2, 0) is 36.2 Å². The third-order valence-corrected chi connectivity index (χ3v) is 3.89. The molecule has 0 aliphatic carbocycles. The molecule has 0 spiro atoms. The molecule has 55 valence electrons. The second kappa shape index (κ2) is 3.20. The first kappa shape index (κ1) is 9.16. The van der Waals surface area contributed by atoms with Crippen molar-refractivity contribution in [1.82, 2.24) is 0 Å². The molecule has 0 aromatic heterocycles. The Balaban J connectivity index is 3.20. The third-order valence-electron chi connectivity index (χ3n) is 1.21. The minimum atomic E-state index is -4.25. The van der Waals surface area contributed by atoms with Gasteiger partial charge in [-0.25, -0.2) is 0 Å². The first-order valence-corrected chi connectivity index (χ1v) is 7.04. The molecular formula is C6H4HgO3S-. The van der Waals surface area contributed by atoms with Crippen molar-refractivity contribution in [2.45, 2.75) is 4.90 Å². The molecule has 0 fully saturated rings. The van der Waals surface area contributed by atoms with Crippen molar-refractivity contribution in [1.29, 1.82) is 0 Å². The molecule has 0 saturated carbocycles. The third kappa shape index (κ3) is 2.54. The van der Waals surface area contributed by atoms with E-state index in [1.54, 1.807) is 12.1 Å². The Bertz CT molecular complexity index is 341. The molecule has 0 amide bonds. The van der Waals surface area contributed by atoms with E-state index in [9.17, 15) is 13.0 Å². The molecule has 3 nitrogen and oxygen atoms in total. The van der Waals surface area contributed by atoms with Crippen LogP contribution < -0.4 is 3.07 Å². The van der Waals surface area contributed by atoms with E-state index in [4.69, 9.17) is 0 Å². The summed E-state index contributed by atoms with van der Waals surface area (Å²) in [6.07, 6.45) is 0. The summed E-state index contributed by atoms with van der Waals surface area (Å²) in [6.45, 7) is 0. The molecule has 0 aliphatic rings. The minimum absolute atomic E-state index is 0.147. The number of rotatable bonds is 1. The van der Waals surface area contributed by atoms with Gasteiger partial charge in [-0.1, -0.05) is 0 Å². The van der Waals surface area contributed by atoms with Crippen molar-refractivity contribution in [3.63, 3.8) is 0 Å². The van der Waals surface area contributed by atoms with E-state index in [1.165, 1.54) is 12.1 Å². The molecule has 1 aromatic rings. The summed E-state index contributed by atoms with van der Waals surface area (Å²) in [5.74, 6) is 0. The summed E-state index contributed by atoms with van der Waals surface area (Å²) in [6, 6.07) is 6.05. The Kier molecular flexibility index (Phi) is 2.67. The monoisotopic (exact) mass is 358 g/mol. The number of hydrogen-bond donors (Lipinski definition) is 0. The zero-order valence-corrected chi connectivity index (χ0v) is 12.0. The van der Waals surface area contributed by atoms with Crippen LogP contribution in [0.2, 0.25) is 0 Å². The van der Waals surface area contributed by atoms with Gasteiger partial charge < -0.3 is 0 Å². The molecular weight excluding hydrogens is 353 g/mol. The predicted molar refractivity (Wildman–Crippen MR) is 34.0 cm³/mol. The molecule has 5 heteroatoms. The van der Waals surface area contributed by atoms with Crippen molar-refractivity contribution >= 4 is 13.2 Å². The Hall–Kier alpha value is 0.0651. The zero-order valence-electron chi connectivity index (χ0n) is 5.65. The van der Waals surface area contributed by atoms with Crippen LogP contribution in [-0.4, -0.2) is 13.0 Å². The fourth-order valence-corrected chi connectivity index (χ4v) is 2.04. The molecule has 0 N–H and O–H groups in total. The fourth-order valence-electron chi connectivity index (χ4n) is 0.656. The van der Waals surface area contributed by atoms with Gasteiger partial charge in [0.2, 0.25) is 0 Å². The van der Waals surface area contributed by atoms with Crippen molar-refractivity contribution in [3.05, 3.63) is 24.3 Å². The zero-order chi connectivity index (χ0) is 8.48. The van der Waals surface area contributed by atoms with Crippen molar-refractivity contribution in [3.8, 4) is 0 Å². The van der Waals surface area contributed by atoms with Crippen molar-refractivity contribution in [2.24, 2.45) is 0 Å². The molecule has 1 rings (SSSR count). The molecule has 0 unspecified atom stereocenters. The summed E-state index contributed by atoms with van der Waals surface area (Å²) in [5.41, 5.74) is 0. The molecule has 0 bridgehead atoms. The summed E-state index contributed by atoms with van der Waals surface area (Å²) in [4.78, 5) is -0.147. The summed E-state index contributed by atoms with van der Waals surface area (Å²) in [5, 5.41) is 0. The first-order chi connectivity index (χ1) is 5.00. The van der Waals surface area contributed by atoms with Gasteiger partial charge in [0.25, 0.3) is 0 Å². The van der Waals surface area contributed by atoms with Crippen LogP contribution in [0.4, 0.5) is 0 Å². The molecule has 0 aliphatic heterocycles. The van der Waals surface area contributed by atoms with Gasteiger partial charge in [-0.2, -0.15) is 0 Å². The average molecular weight is 357 g/mol. The van der Waals surface area contributed by atoms with Crippen LogP contribution in [0, 0.1) is 0 Å². The number of hydrogen-bond acceptors (Lipinski definition) is 3. The molecule has 11 heavy (non-hydrogen) atoms. The van der Waals surface area contributed by atoms with Gasteiger partial charge in [-0.3, -0.25) is 0 Å². The topological polar surface area (TPSA) is 57.2 Å². The van der Waals surface area contributed by atoms with E-state index in [0.717, 1.165) is 3.07 Å². The van der Waals surface area contributed by atoms with E-state index in [0.29, 0.717) is 26.1 Å². The first-order valence-electron chi connectivity index (χ1n) is 2.88. The fraction of sp³-hybridized carbons (Fsp3) is 0. The maximum absolute atomic E-state index is 10.4. The Morgan fingerprint density at radius 1 is 1.18 bits per heavy atom. The van der Waals surface area contributed by atoms with E-state index < -0.39 is 10.1 Å². The maximum atomic E-state index is 10.4. The van der Waals surface area contributed by atoms with Gasteiger partial charge in [0.05, 0.1) is 0 Å². The summed E-state index contributed by atoms with van der Waals surface area (Å²) < 4.78 is 32.3. The second-order valence-corrected chi connectivity index (χ2v) is 6.65. The van der Waals surface area contributed by atoms with Gasteiger partial charge in [-0.05, 0) is 0 Å². The second-order valence-electron chi connectivity index (χ2n) is 2.10. The van der Waals surface area contributed by atoms with Gasteiger partial charge in [0.1, 0.15) is 0 Å². The number of benzene rings is 1. The van der Waals surface area contributed by atoms with E-state index in [1.807, 2.05) is 0 Å². The SMILES string of the molecule is O=S(=O)([O-])c1cc[c]([Hg])cc1. The molecule has 0 radical (unpaired) electrons. The molecule has 1 aromatic carbocycles. The van der Waals surface area contributed by atoms with Crippen LogP contribution >= 0.6 is 0 Å². The van der Waals surface area contributed by atoms with E-state index in [2.05, 4.69) is 0 Å². The van der Waals surface area contributed by atoms with Crippen molar-refractivity contribution < 1.29 is 39.1 Å². The summed E-state index contributed by atoms with van der Waals surface area (Å²) >= 11 is 0.478. The summed E-state index contributed by atoms with van der Waals surface area (Å²) in [7, 11) is -4.25. The van der Waals surface area contributed by atoms with Crippen LogP contribution in [0.25, 0.3) is 0 Å². The van der Waals surface area contributed by atoms with Crippen LogP contribution in [0.3, 0.4) is 0 Å².